The molecule has 2 aliphatic rings. The van der Waals surface area contributed by atoms with Crippen LogP contribution in [0.3, 0.4) is 0 Å². The predicted molar refractivity (Wildman–Crippen MR) is 71.9 cm³/mol. The van der Waals surface area contributed by atoms with Gasteiger partial charge in [0.15, 0.2) is 5.06 Å². The Kier molecular flexibility index (Phi) is 2.44. The summed E-state index contributed by atoms with van der Waals surface area (Å²) in [7, 11) is -0.429. The van der Waals surface area contributed by atoms with Crippen molar-refractivity contribution in [2.75, 3.05) is 0 Å². The van der Waals surface area contributed by atoms with Crippen LogP contribution in [-0.4, -0.2) is 22.8 Å². The van der Waals surface area contributed by atoms with Crippen molar-refractivity contribution < 1.29 is 9.31 Å². The Morgan fingerprint density at radius 3 is 2.39 bits per heavy atom. The normalized spacial score (nSPS) is 29.3. The first-order chi connectivity index (χ1) is 8.38. The molecule has 1 aliphatic heterocycles. The molecule has 1 aliphatic carbocycles. The van der Waals surface area contributed by atoms with E-state index in [1.807, 2.05) is 39.8 Å². The number of pyridine rings is 1. The van der Waals surface area contributed by atoms with E-state index in [9.17, 15) is 0 Å². The lowest BCUT2D eigenvalue weighted by atomic mass is 9.79. The maximum atomic E-state index is 6.49. The fraction of sp³-hybridized carbons (Fsp3) is 0.462. The SMILES string of the molecule is CC1=C(C)C12OB(c1ccnc(C)c1)OC2(C)Cl. The van der Waals surface area contributed by atoms with Gasteiger partial charge < -0.3 is 9.31 Å². The molecule has 1 fully saturated rings. The molecule has 1 aromatic heterocycles. The van der Waals surface area contributed by atoms with Gasteiger partial charge in [0, 0.05) is 11.9 Å². The number of hydrogen-bond donors (Lipinski definition) is 0. The largest absolute Gasteiger partial charge is 0.496 e. The minimum absolute atomic E-state index is 0.429. The Labute approximate surface area is 112 Å². The molecule has 1 aromatic rings. The summed E-state index contributed by atoms with van der Waals surface area (Å²) >= 11 is 6.49. The number of nitrogens with zero attached hydrogens (tertiary/aromatic N) is 1. The van der Waals surface area contributed by atoms with E-state index in [-0.39, 0.29) is 0 Å². The van der Waals surface area contributed by atoms with Gasteiger partial charge in [0.05, 0.1) is 0 Å². The molecule has 3 rings (SSSR count). The van der Waals surface area contributed by atoms with Crippen molar-refractivity contribution in [3.8, 4) is 0 Å². The third-order valence-electron chi connectivity index (χ3n) is 3.99. The average Bonchev–Trinajstić information content (AvgIpc) is 2.69. The summed E-state index contributed by atoms with van der Waals surface area (Å²) in [5, 5.41) is -0.830. The van der Waals surface area contributed by atoms with E-state index in [0.29, 0.717) is 0 Å². The molecule has 3 nitrogen and oxygen atoms in total. The van der Waals surface area contributed by atoms with E-state index in [4.69, 9.17) is 20.9 Å². The van der Waals surface area contributed by atoms with Crippen LogP contribution >= 0.6 is 11.6 Å². The smallest absolute Gasteiger partial charge is 0.390 e. The second-order valence-corrected chi connectivity index (χ2v) is 5.87. The summed E-state index contributed by atoms with van der Waals surface area (Å²) in [6.07, 6.45) is 1.76. The Bertz CT molecular complexity index is 544. The summed E-state index contributed by atoms with van der Waals surface area (Å²) < 4.78 is 12.0. The molecule has 0 bridgehead atoms. The number of alkyl halides is 1. The molecule has 0 aromatic carbocycles. The molecule has 94 valence electrons. The fourth-order valence-electron chi connectivity index (χ4n) is 2.80. The lowest BCUT2D eigenvalue weighted by molar-refractivity contribution is 0.123. The number of aromatic nitrogens is 1. The van der Waals surface area contributed by atoms with Crippen LogP contribution < -0.4 is 5.46 Å². The summed E-state index contributed by atoms with van der Waals surface area (Å²) in [6.45, 7) is 7.89. The number of rotatable bonds is 1. The van der Waals surface area contributed by atoms with Crippen molar-refractivity contribution in [1.82, 2.24) is 4.98 Å². The van der Waals surface area contributed by atoms with E-state index >= 15 is 0 Å². The first kappa shape index (κ1) is 12.2. The quantitative estimate of drug-likeness (QED) is 0.442. The first-order valence-electron chi connectivity index (χ1n) is 6.04. The topological polar surface area (TPSA) is 31.4 Å². The highest BCUT2D eigenvalue weighted by Crippen LogP contribution is 2.60. The second kappa shape index (κ2) is 3.59. The second-order valence-electron chi connectivity index (χ2n) is 5.15. The highest BCUT2D eigenvalue weighted by Gasteiger charge is 2.69. The van der Waals surface area contributed by atoms with Crippen LogP contribution in [0.1, 0.15) is 26.5 Å². The average molecular weight is 264 g/mol. The van der Waals surface area contributed by atoms with Gasteiger partial charge in [-0.1, -0.05) is 11.6 Å². The molecule has 0 N–H and O–H groups in total. The Hall–Kier alpha value is -0.835. The maximum absolute atomic E-state index is 6.49. The Morgan fingerprint density at radius 1 is 1.22 bits per heavy atom. The molecule has 0 saturated carbocycles. The summed E-state index contributed by atoms with van der Waals surface area (Å²) in [4.78, 5) is 4.17. The van der Waals surface area contributed by atoms with E-state index in [2.05, 4.69) is 4.98 Å². The molecule has 2 heterocycles. The fourth-order valence-corrected chi connectivity index (χ4v) is 3.21. The predicted octanol–water partition coefficient (Wildman–Crippen LogP) is 2.18. The van der Waals surface area contributed by atoms with Crippen LogP contribution in [0.15, 0.2) is 29.5 Å². The number of hydrogen-bond acceptors (Lipinski definition) is 3. The standard InChI is InChI=1S/C13H15BClNO2/c1-8-7-11(5-6-16-8)14-17-12(4,15)13(18-14)9(2)10(13)3/h5-7H,1-4H3. The number of halogens is 1. The highest BCUT2D eigenvalue weighted by molar-refractivity contribution is 6.63. The third-order valence-corrected chi connectivity index (χ3v) is 4.35. The zero-order chi connectivity index (χ0) is 13.1. The molecule has 0 radical (unpaired) electrons. The third kappa shape index (κ3) is 1.43. The van der Waals surface area contributed by atoms with E-state index in [0.717, 1.165) is 11.2 Å². The van der Waals surface area contributed by atoms with Gasteiger partial charge in [0.25, 0.3) is 0 Å². The van der Waals surface area contributed by atoms with E-state index in [1.165, 1.54) is 11.1 Å². The summed E-state index contributed by atoms with van der Waals surface area (Å²) in [5.74, 6) is 0. The Morgan fingerprint density at radius 2 is 1.89 bits per heavy atom. The van der Waals surface area contributed by atoms with Gasteiger partial charge in [-0.05, 0) is 56.4 Å². The highest BCUT2D eigenvalue weighted by atomic mass is 35.5. The van der Waals surface area contributed by atoms with Gasteiger partial charge in [0.2, 0.25) is 0 Å². The molecule has 1 atom stereocenters. The molecule has 1 unspecified atom stereocenters. The minimum atomic E-state index is -0.830. The van der Waals surface area contributed by atoms with Crippen molar-refractivity contribution in [3.05, 3.63) is 35.2 Å². The summed E-state index contributed by atoms with van der Waals surface area (Å²) in [6, 6.07) is 3.86. The molecule has 0 amide bonds. The number of aryl methyl sites for hydroxylation is 1. The molecule has 1 saturated heterocycles. The van der Waals surface area contributed by atoms with Crippen molar-refractivity contribution >= 4 is 24.2 Å². The lowest BCUT2D eigenvalue weighted by Crippen LogP contribution is -2.36. The van der Waals surface area contributed by atoms with Gasteiger partial charge in [-0.2, -0.15) is 0 Å². The first-order valence-corrected chi connectivity index (χ1v) is 6.42. The van der Waals surface area contributed by atoms with Crippen LogP contribution in [0.2, 0.25) is 0 Å². The molecule has 1 spiro atoms. The van der Waals surface area contributed by atoms with Crippen LogP contribution in [0.4, 0.5) is 0 Å². The Balaban J connectivity index is 1.92. The molecule has 18 heavy (non-hydrogen) atoms. The van der Waals surface area contributed by atoms with Crippen LogP contribution in [0.5, 0.6) is 0 Å². The van der Waals surface area contributed by atoms with Gasteiger partial charge in [-0.15, -0.1) is 0 Å². The molecular formula is C13H15BClNO2. The maximum Gasteiger partial charge on any atom is 0.496 e. The van der Waals surface area contributed by atoms with E-state index in [1.54, 1.807) is 6.20 Å². The van der Waals surface area contributed by atoms with Crippen LogP contribution in [0.25, 0.3) is 0 Å². The van der Waals surface area contributed by atoms with Crippen molar-refractivity contribution in [2.24, 2.45) is 0 Å². The van der Waals surface area contributed by atoms with Crippen LogP contribution in [0, 0.1) is 6.92 Å². The van der Waals surface area contributed by atoms with Gasteiger partial charge in [0.1, 0.15) is 5.60 Å². The van der Waals surface area contributed by atoms with Gasteiger partial charge in [-0.3, -0.25) is 4.98 Å². The van der Waals surface area contributed by atoms with Gasteiger partial charge in [-0.25, -0.2) is 0 Å². The zero-order valence-electron chi connectivity index (χ0n) is 11.0. The van der Waals surface area contributed by atoms with Crippen molar-refractivity contribution in [2.45, 2.75) is 38.4 Å². The van der Waals surface area contributed by atoms with Gasteiger partial charge >= 0.3 is 7.12 Å². The monoisotopic (exact) mass is 263 g/mol. The zero-order valence-corrected chi connectivity index (χ0v) is 11.7. The molecular weight excluding hydrogens is 248 g/mol. The van der Waals surface area contributed by atoms with Crippen molar-refractivity contribution in [1.29, 1.82) is 0 Å². The summed E-state index contributed by atoms with van der Waals surface area (Å²) in [5.41, 5.74) is 3.73. The van der Waals surface area contributed by atoms with E-state index < -0.39 is 17.8 Å². The lowest BCUT2D eigenvalue weighted by Gasteiger charge is -2.25. The minimum Gasteiger partial charge on any atom is -0.390 e. The molecule has 5 heteroatoms. The van der Waals surface area contributed by atoms with Crippen molar-refractivity contribution in [3.63, 3.8) is 0 Å². The van der Waals surface area contributed by atoms with Crippen LogP contribution in [-0.2, 0) is 9.31 Å².